The van der Waals surface area contributed by atoms with Gasteiger partial charge in [-0.15, -0.1) is 17.0 Å². The fraction of sp³-hybridized carbons (Fsp3) is 0.368. The van der Waals surface area contributed by atoms with Crippen molar-refractivity contribution in [1.82, 2.24) is 5.06 Å². The van der Waals surface area contributed by atoms with E-state index >= 15 is 0 Å². The first-order chi connectivity index (χ1) is 12.7. The quantitative estimate of drug-likeness (QED) is 0.610. The molecule has 2 aromatic carbocycles. The van der Waals surface area contributed by atoms with Gasteiger partial charge in [0.15, 0.2) is 5.66 Å². The summed E-state index contributed by atoms with van der Waals surface area (Å²) >= 11 is 3.48. The van der Waals surface area contributed by atoms with Crippen molar-refractivity contribution in [2.75, 3.05) is 13.2 Å². The number of rotatable bonds is 6. The van der Waals surface area contributed by atoms with Gasteiger partial charge in [-0.05, 0) is 48.9 Å². The molecule has 0 spiro atoms. The number of hydrogen-bond acceptors (Lipinski definition) is 7. The van der Waals surface area contributed by atoms with E-state index in [0.717, 1.165) is 21.0 Å². The second-order valence-corrected chi connectivity index (χ2v) is 8.01. The van der Waals surface area contributed by atoms with Crippen LogP contribution in [0.1, 0.15) is 20.8 Å². The summed E-state index contributed by atoms with van der Waals surface area (Å²) in [4.78, 5) is 14.0. The molecule has 0 unspecified atom stereocenters. The summed E-state index contributed by atoms with van der Waals surface area (Å²) in [5.41, 5.74) is 10.9. The average Bonchev–Trinajstić information content (AvgIpc) is 2.58. The van der Waals surface area contributed by atoms with Crippen molar-refractivity contribution in [3.63, 3.8) is 0 Å². The molecule has 0 aliphatic carbocycles. The molecule has 0 saturated carbocycles. The van der Waals surface area contributed by atoms with Gasteiger partial charge in [0, 0.05) is 10.4 Å². The van der Waals surface area contributed by atoms with Gasteiger partial charge in [0.05, 0.1) is 13.2 Å². The van der Waals surface area contributed by atoms with Crippen molar-refractivity contribution in [3.05, 3.63) is 40.9 Å². The lowest BCUT2D eigenvalue weighted by atomic mass is 10.1. The lowest BCUT2D eigenvalue weighted by Crippen LogP contribution is -2.54. The average molecular weight is 515 g/mol. The lowest BCUT2D eigenvalue weighted by Gasteiger charge is -2.37. The van der Waals surface area contributed by atoms with E-state index in [1.807, 2.05) is 45.0 Å². The van der Waals surface area contributed by atoms with Crippen LogP contribution in [0.5, 0.6) is 5.75 Å². The first kappa shape index (κ1) is 22.4. The summed E-state index contributed by atoms with van der Waals surface area (Å²) in [6.45, 7) is 6.68. The van der Waals surface area contributed by atoms with E-state index < -0.39 is 5.66 Å². The van der Waals surface area contributed by atoms with E-state index in [9.17, 15) is 0 Å². The molecule has 1 heterocycles. The number of nitrogens with zero attached hydrogens (tertiary/aromatic N) is 3. The summed E-state index contributed by atoms with van der Waals surface area (Å²) < 4.78 is 6.98. The minimum Gasteiger partial charge on any atom is -0.493 e. The van der Waals surface area contributed by atoms with E-state index in [2.05, 4.69) is 38.0 Å². The maximum Gasteiger partial charge on any atom is 0.226 e. The maximum absolute atomic E-state index is 5.92. The Morgan fingerprint density at radius 1 is 1.11 bits per heavy atom. The Bertz CT molecular complexity index is 901. The number of benzene rings is 2. The molecule has 9 heteroatoms. The zero-order valence-corrected chi connectivity index (χ0v) is 19.4. The summed E-state index contributed by atoms with van der Waals surface area (Å²) in [5, 5.41) is 3.78. The monoisotopic (exact) mass is 513 g/mol. The van der Waals surface area contributed by atoms with E-state index in [1.165, 1.54) is 5.06 Å². The van der Waals surface area contributed by atoms with E-state index in [4.69, 9.17) is 21.0 Å². The molecule has 28 heavy (non-hydrogen) atoms. The van der Waals surface area contributed by atoms with Crippen LogP contribution in [0.2, 0.25) is 0 Å². The Labute approximate surface area is 183 Å². The summed E-state index contributed by atoms with van der Waals surface area (Å²) in [6.07, 6.45) is 0. The molecule has 2 aromatic rings. The van der Waals surface area contributed by atoms with Crippen LogP contribution in [0.3, 0.4) is 0 Å². The lowest BCUT2D eigenvalue weighted by molar-refractivity contribution is -0.167. The van der Waals surface area contributed by atoms with Gasteiger partial charge in [0.1, 0.15) is 5.75 Å². The molecular weight excluding hydrogens is 490 g/mol. The predicted molar refractivity (Wildman–Crippen MR) is 122 cm³/mol. The second-order valence-electron chi connectivity index (χ2n) is 7.09. The van der Waals surface area contributed by atoms with Gasteiger partial charge < -0.3 is 16.2 Å². The highest BCUT2D eigenvalue weighted by Crippen LogP contribution is 2.25. The van der Waals surface area contributed by atoms with Crippen molar-refractivity contribution in [1.29, 1.82) is 0 Å². The number of fused-ring (bicyclic) bond motifs is 1. The summed E-state index contributed by atoms with van der Waals surface area (Å²) in [6, 6.07) is 12.2. The molecule has 0 radical (unpaired) electrons. The van der Waals surface area contributed by atoms with Crippen LogP contribution in [-0.2, 0) is 4.84 Å². The van der Waals surface area contributed by atoms with E-state index in [1.54, 1.807) is 0 Å². The van der Waals surface area contributed by atoms with Crippen LogP contribution in [0.15, 0.2) is 50.9 Å². The van der Waals surface area contributed by atoms with Gasteiger partial charge in [-0.25, -0.2) is 4.99 Å². The molecule has 1 atom stereocenters. The number of aliphatic imine (C=N–C) groups is 2. The highest BCUT2D eigenvalue weighted by molar-refractivity contribution is 9.10. The fourth-order valence-electron chi connectivity index (χ4n) is 2.79. The predicted octanol–water partition coefficient (Wildman–Crippen LogP) is 3.81. The largest absolute Gasteiger partial charge is 0.493 e. The van der Waals surface area contributed by atoms with Crippen molar-refractivity contribution in [2.24, 2.45) is 27.4 Å². The minimum absolute atomic E-state index is 0. The third-order valence-corrected chi connectivity index (χ3v) is 4.61. The minimum atomic E-state index is -0.705. The Balaban J connectivity index is 0.00000280. The number of ether oxygens (including phenoxy) is 1. The highest BCUT2D eigenvalue weighted by atomic mass is 79.9. The summed E-state index contributed by atoms with van der Waals surface area (Å²) in [5.74, 6) is 1.31. The van der Waals surface area contributed by atoms with Crippen LogP contribution in [0.25, 0.3) is 10.8 Å². The molecule has 7 nitrogen and oxygen atoms in total. The Kier molecular flexibility index (Phi) is 7.30. The standard InChI is InChI=1S/C19H24BrN5O2.BrH/c1-12(11-27-25-18(22)23-17(21)24-19(25,2)3)10-26-16-7-5-13-8-15(20)6-4-14(13)9-16;/h4-9,12H,10-11H2,1-3H3,(H4,21,22,23,24);1H/t12-;/m1./s1. The Hall–Kier alpha value is -1.84. The zero-order chi connectivity index (χ0) is 19.6. The molecule has 1 aliphatic heterocycles. The molecular formula is C19H25Br2N5O2. The summed E-state index contributed by atoms with van der Waals surface area (Å²) in [7, 11) is 0. The van der Waals surface area contributed by atoms with Gasteiger partial charge in [-0.3, -0.25) is 4.84 Å². The number of hydroxylamine groups is 2. The van der Waals surface area contributed by atoms with Crippen LogP contribution >= 0.6 is 32.9 Å². The molecule has 0 bridgehead atoms. The molecule has 3 rings (SSSR count). The zero-order valence-electron chi connectivity index (χ0n) is 16.1. The second kappa shape index (κ2) is 9.11. The van der Waals surface area contributed by atoms with Crippen molar-refractivity contribution in [2.45, 2.75) is 26.4 Å². The van der Waals surface area contributed by atoms with Gasteiger partial charge >= 0.3 is 0 Å². The molecule has 4 N–H and O–H groups in total. The molecule has 0 fully saturated rings. The van der Waals surface area contributed by atoms with Crippen LogP contribution in [0, 0.1) is 5.92 Å². The first-order valence-corrected chi connectivity index (χ1v) is 9.48. The SMILES string of the molecule is Br.C[C@H](COc1ccc2cc(Br)ccc2c1)CON1C(N)=NC(N)=NC1(C)C. The number of hydrogen-bond donors (Lipinski definition) is 2. The van der Waals surface area contributed by atoms with Crippen LogP contribution < -0.4 is 16.2 Å². The van der Waals surface area contributed by atoms with Crippen molar-refractivity contribution >= 4 is 55.6 Å². The number of nitrogens with two attached hydrogens (primary N) is 2. The topological polar surface area (TPSA) is 98.5 Å². The van der Waals surface area contributed by atoms with Gasteiger partial charge in [0.2, 0.25) is 11.9 Å². The molecule has 0 amide bonds. The first-order valence-electron chi connectivity index (χ1n) is 8.69. The van der Waals surface area contributed by atoms with Crippen LogP contribution in [-0.4, -0.2) is 35.9 Å². The number of guanidine groups is 2. The maximum atomic E-state index is 5.92. The van der Waals surface area contributed by atoms with Gasteiger partial charge in [-0.2, -0.15) is 10.1 Å². The smallest absolute Gasteiger partial charge is 0.226 e. The van der Waals surface area contributed by atoms with Gasteiger partial charge in [-0.1, -0.05) is 35.0 Å². The normalized spacial score (nSPS) is 16.8. The van der Waals surface area contributed by atoms with Crippen molar-refractivity contribution < 1.29 is 9.57 Å². The number of halogens is 2. The van der Waals surface area contributed by atoms with E-state index in [-0.39, 0.29) is 34.8 Å². The Morgan fingerprint density at radius 3 is 2.50 bits per heavy atom. The third-order valence-electron chi connectivity index (χ3n) is 4.12. The van der Waals surface area contributed by atoms with Gasteiger partial charge in [0.25, 0.3) is 0 Å². The molecule has 0 aromatic heterocycles. The highest BCUT2D eigenvalue weighted by Gasteiger charge is 2.33. The molecule has 1 aliphatic rings. The molecule has 152 valence electrons. The third kappa shape index (κ3) is 5.36. The van der Waals surface area contributed by atoms with E-state index in [0.29, 0.717) is 13.2 Å². The fourth-order valence-corrected chi connectivity index (χ4v) is 3.17. The Morgan fingerprint density at radius 2 is 1.79 bits per heavy atom. The van der Waals surface area contributed by atoms with Crippen LogP contribution in [0.4, 0.5) is 0 Å². The molecule has 0 saturated heterocycles. The van der Waals surface area contributed by atoms with Crippen molar-refractivity contribution in [3.8, 4) is 5.75 Å².